The molecule has 0 saturated heterocycles. The molecule has 0 amide bonds. The molecule has 0 atom stereocenters. The average Bonchev–Trinajstić information content (AvgIpc) is 2.39. The smallest absolute Gasteiger partial charge is 0.127 e. The summed E-state index contributed by atoms with van der Waals surface area (Å²) in [6.07, 6.45) is 1.90. The molecule has 0 fully saturated rings. The number of hydrogen-bond donors (Lipinski definition) is 1. The zero-order chi connectivity index (χ0) is 12.3. The predicted octanol–water partition coefficient (Wildman–Crippen LogP) is 2.27. The molecular weight excluding hydrogens is 210 g/mol. The van der Waals surface area contributed by atoms with E-state index in [9.17, 15) is 0 Å². The van der Waals surface area contributed by atoms with Gasteiger partial charge in [0.1, 0.15) is 5.82 Å². The highest BCUT2D eigenvalue weighted by molar-refractivity contribution is 5.64. The molecule has 0 aliphatic heterocycles. The van der Waals surface area contributed by atoms with Gasteiger partial charge in [0, 0.05) is 32.4 Å². The molecule has 0 spiro atoms. The minimum absolute atomic E-state index is 0.581. The van der Waals surface area contributed by atoms with Crippen LogP contribution >= 0.6 is 0 Å². The van der Waals surface area contributed by atoms with E-state index in [0.717, 1.165) is 16.9 Å². The first-order valence-corrected chi connectivity index (χ1v) is 5.63. The third-order valence-electron chi connectivity index (χ3n) is 2.73. The quantitative estimate of drug-likeness (QED) is 0.874. The highest BCUT2D eigenvalue weighted by Crippen LogP contribution is 2.20. The van der Waals surface area contributed by atoms with Crippen LogP contribution in [0.25, 0.3) is 11.1 Å². The molecule has 2 rings (SSSR count). The summed E-state index contributed by atoms with van der Waals surface area (Å²) < 4.78 is 0. The second-order valence-electron chi connectivity index (χ2n) is 4.20. The standard InChI is InChI=1S/C14H17N3/c1-17(2)14-8-7-13(10-16-14)12-5-3-11(9-15)4-6-12/h3-8,10H,9,15H2,1-2H3. The average molecular weight is 227 g/mol. The lowest BCUT2D eigenvalue weighted by molar-refractivity contribution is 1.07. The molecule has 2 aromatic rings. The summed E-state index contributed by atoms with van der Waals surface area (Å²) in [7, 11) is 3.97. The fourth-order valence-corrected chi connectivity index (χ4v) is 1.65. The first-order chi connectivity index (χ1) is 8.20. The second-order valence-corrected chi connectivity index (χ2v) is 4.20. The van der Waals surface area contributed by atoms with Crippen molar-refractivity contribution in [2.45, 2.75) is 6.54 Å². The Balaban J connectivity index is 2.26. The molecule has 3 nitrogen and oxygen atoms in total. The van der Waals surface area contributed by atoms with Gasteiger partial charge in [-0.1, -0.05) is 24.3 Å². The molecule has 0 bridgehead atoms. The number of nitrogens with zero attached hydrogens (tertiary/aromatic N) is 2. The number of hydrogen-bond acceptors (Lipinski definition) is 3. The highest BCUT2D eigenvalue weighted by atomic mass is 15.1. The largest absolute Gasteiger partial charge is 0.363 e. The fraction of sp³-hybridized carbons (Fsp3) is 0.214. The van der Waals surface area contributed by atoms with Crippen LogP contribution in [0, 0.1) is 0 Å². The van der Waals surface area contributed by atoms with Crippen LogP contribution < -0.4 is 10.6 Å². The minimum atomic E-state index is 0.581. The fourth-order valence-electron chi connectivity index (χ4n) is 1.65. The van der Waals surface area contributed by atoms with E-state index in [2.05, 4.69) is 35.3 Å². The lowest BCUT2D eigenvalue weighted by Crippen LogP contribution is -2.09. The van der Waals surface area contributed by atoms with E-state index in [4.69, 9.17) is 5.73 Å². The zero-order valence-corrected chi connectivity index (χ0v) is 10.2. The van der Waals surface area contributed by atoms with Gasteiger partial charge in [-0.05, 0) is 23.3 Å². The van der Waals surface area contributed by atoms with Crippen LogP contribution in [0.5, 0.6) is 0 Å². The SMILES string of the molecule is CN(C)c1ccc(-c2ccc(CN)cc2)cn1. The van der Waals surface area contributed by atoms with Gasteiger partial charge in [-0.3, -0.25) is 0 Å². The lowest BCUT2D eigenvalue weighted by atomic mass is 10.1. The van der Waals surface area contributed by atoms with E-state index in [1.165, 1.54) is 5.56 Å². The van der Waals surface area contributed by atoms with Gasteiger partial charge < -0.3 is 10.6 Å². The van der Waals surface area contributed by atoms with Crippen molar-refractivity contribution in [1.82, 2.24) is 4.98 Å². The molecule has 3 heteroatoms. The van der Waals surface area contributed by atoms with Crippen LogP contribution in [0.4, 0.5) is 5.82 Å². The molecule has 0 saturated carbocycles. The molecule has 1 aromatic carbocycles. The van der Waals surface area contributed by atoms with Crippen LogP contribution in [-0.4, -0.2) is 19.1 Å². The molecule has 1 heterocycles. The van der Waals surface area contributed by atoms with Crippen LogP contribution in [0.1, 0.15) is 5.56 Å². The van der Waals surface area contributed by atoms with Gasteiger partial charge in [0.05, 0.1) is 0 Å². The lowest BCUT2D eigenvalue weighted by Gasteiger charge is -2.11. The Labute approximate surface area is 102 Å². The van der Waals surface area contributed by atoms with Crippen molar-refractivity contribution in [2.75, 3.05) is 19.0 Å². The molecule has 0 radical (unpaired) electrons. The van der Waals surface area contributed by atoms with E-state index in [1.54, 1.807) is 0 Å². The Morgan fingerprint density at radius 3 is 2.12 bits per heavy atom. The molecule has 0 aliphatic carbocycles. The second kappa shape index (κ2) is 4.97. The van der Waals surface area contributed by atoms with Gasteiger partial charge in [-0.15, -0.1) is 0 Å². The molecule has 2 N–H and O–H groups in total. The van der Waals surface area contributed by atoms with Crippen molar-refractivity contribution in [1.29, 1.82) is 0 Å². The van der Waals surface area contributed by atoms with Gasteiger partial charge in [0.2, 0.25) is 0 Å². The molecule has 88 valence electrons. The third kappa shape index (κ3) is 2.63. The summed E-state index contributed by atoms with van der Waals surface area (Å²) in [5.74, 6) is 0.965. The third-order valence-corrected chi connectivity index (χ3v) is 2.73. The summed E-state index contributed by atoms with van der Waals surface area (Å²) in [5.41, 5.74) is 9.01. The number of rotatable bonds is 3. The van der Waals surface area contributed by atoms with E-state index in [0.29, 0.717) is 6.54 Å². The van der Waals surface area contributed by atoms with Gasteiger partial charge in [0.15, 0.2) is 0 Å². The van der Waals surface area contributed by atoms with E-state index >= 15 is 0 Å². The van der Waals surface area contributed by atoms with Crippen LogP contribution in [-0.2, 0) is 6.54 Å². The van der Waals surface area contributed by atoms with Gasteiger partial charge in [-0.2, -0.15) is 0 Å². The van der Waals surface area contributed by atoms with Crippen LogP contribution in [0.2, 0.25) is 0 Å². The summed E-state index contributed by atoms with van der Waals surface area (Å²) in [6, 6.07) is 12.4. The summed E-state index contributed by atoms with van der Waals surface area (Å²) in [4.78, 5) is 6.39. The molecule has 17 heavy (non-hydrogen) atoms. The topological polar surface area (TPSA) is 42.1 Å². The molecule has 0 unspecified atom stereocenters. The summed E-state index contributed by atoms with van der Waals surface area (Å²) in [5, 5.41) is 0. The first-order valence-electron chi connectivity index (χ1n) is 5.63. The predicted molar refractivity (Wildman–Crippen MR) is 71.9 cm³/mol. The number of aromatic nitrogens is 1. The maximum absolute atomic E-state index is 5.57. The van der Waals surface area contributed by atoms with Gasteiger partial charge in [0.25, 0.3) is 0 Å². The molecular formula is C14H17N3. The Morgan fingerprint density at radius 1 is 1.00 bits per heavy atom. The Kier molecular flexibility index (Phi) is 3.40. The molecule has 1 aromatic heterocycles. The Bertz CT molecular complexity index is 472. The Morgan fingerprint density at radius 2 is 1.65 bits per heavy atom. The van der Waals surface area contributed by atoms with Crippen LogP contribution in [0.3, 0.4) is 0 Å². The van der Waals surface area contributed by atoms with E-state index in [1.807, 2.05) is 31.3 Å². The maximum Gasteiger partial charge on any atom is 0.127 e. The summed E-state index contributed by atoms with van der Waals surface area (Å²) in [6.45, 7) is 0.581. The monoisotopic (exact) mass is 227 g/mol. The maximum atomic E-state index is 5.57. The van der Waals surface area contributed by atoms with Crippen molar-refractivity contribution >= 4 is 5.82 Å². The van der Waals surface area contributed by atoms with Crippen molar-refractivity contribution < 1.29 is 0 Å². The van der Waals surface area contributed by atoms with Gasteiger partial charge >= 0.3 is 0 Å². The number of benzene rings is 1. The highest BCUT2D eigenvalue weighted by Gasteiger charge is 2.00. The number of pyridine rings is 1. The summed E-state index contributed by atoms with van der Waals surface area (Å²) >= 11 is 0. The van der Waals surface area contributed by atoms with Crippen molar-refractivity contribution in [3.8, 4) is 11.1 Å². The normalized spacial score (nSPS) is 10.3. The Hall–Kier alpha value is -1.87. The van der Waals surface area contributed by atoms with E-state index in [-0.39, 0.29) is 0 Å². The molecule has 0 aliphatic rings. The van der Waals surface area contributed by atoms with Gasteiger partial charge in [-0.25, -0.2) is 4.98 Å². The van der Waals surface area contributed by atoms with Crippen molar-refractivity contribution in [3.63, 3.8) is 0 Å². The van der Waals surface area contributed by atoms with Crippen LogP contribution in [0.15, 0.2) is 42.6 Å². The number of nitrogens with two attached hydrogens (primary N) is 1. The van der Waals surface area contributed by atoms with Crippen molar-refractivity contribution in [3.05, 3.63) is 48.2 Å². The van der Waals surface area contributed by atoms with Crippen molar-refractivity contribution in [2.24, 2.45) is 5.73 Å². The minimum Gasteiger partial charge on any atom is -0.363 e. The zero-order valence-electron chi connectivity index (χ0n) is 10.2. The number of anilines is 1. The first kappa shape index (κ1) is 11.6. The van der Waals surface area contributed by atoms with E-state index < -0.39 is 0 Å².